The SMILES string of the molecule is Cc1cc(C(=O)N(C)Cc2cccc(F)c2)cc(NN)n1. The molecule has 110 valence electrons. The van der Waals surface area contributed by atoms with E-state index in [1.54, 1.807) is 38.2 Å². The summed E-state index contributed by atoms with van der Waals surface area (Å²) >= 11 is 0. The van der Waals surface area contributed by atoms with Crippen molar-refractivity contribution in [1.82, 2.24) is 9.88 Å². The molecule has 1 aromatic heterocycles. The van der Waals surface area contributed by atoms with Crippen LogP contribution in [0, 0.1) is 12.7 Å². The summed E-state index contributed by atoms with van der Waals surface area (Å²) in [7, 11) is 1.67. The van der Waals surface area contributed by atoms with Gasteiger partial charge in [-0.15, -0.1) is 0 Å². The van der Waals surface area contributed by atoms with E-state index >= 15 is 0 Å². The summed E-state index contributed by atoms with van der Waals surface area (Å²) in [6.45, 7) is 2.10. The Labute approximate surface area is 122 Å². The van der Waals surface area contributed by atoms with E-state index < -0.39 is 0 Å². The summed E-state index contributed by atoms with van der Waals surface area (Å²) in [6.07, 6.45) is 0. The Balaban J connectivity index is 2.17. The van der Waals surface area contributed by atoms with Gasteiger partial charge in [0, 0.05) is 24.8 Å². The number of rotatable bonds is 4. The molecule has 0 aliphatic carbocycles. The molecule has 2 rings (SSSR count). The predicted octanol–water partition coefficient (Wildman–Crippen LogP) is 2.09. The zero-order valence-corrected chi connectivity index (χ0v) is 11.9. The van der Waals surface area contributed by atoms with Gasteiger partial charge in [-0.1, -0.05) is 12.1 Å². The van der Waals surface area contributed by atoms with Gasteiger partial charge in [0.15, 0.2) is 0 Å². The number of nitrogens with one attached hydrogen (secondary N) is 1. The van der Waals surface area contributed by atoms with Gasteiger partial charge in [-0.05, 0) is 36.8 Å². The number of hydrogen-bond donors (Lipinski definition) is 2. The Bertz CT molecular complexity index is 660. The van der Waals surface area contributed by atoms with Crippen molar-refractivity contribution in [2.75, 3.05) is 12.5 Å². The molecule has 6 heteroatoms. The third-order valence-electron chi connectivity index (χ3n) is 3.00. The Kier molecular flexibility index (Phi) is 4.49. The highest BCUT2D eigenvalue weighted by Gasteiger charge is 2.14. The van der Waals surface area contributed by atoms with Crippen LogP contribution >= 0.6 is 0 Å². The molecule has 0 bridgehead atoms. The molecule has 3 N–H and O–H groups in total. The molecule has 0 unspecified atom stereocenters. The quantitative estimate of drug-likeness (QED) is 0.667. The fourth-order valence-electron chi connectivity index (χ4n) is 2.07. The number of hydrazine groups is 1. The van der Waals surface area contributed by atoms with Gasteiger partial charge in [0.25, 0.3) is 5.91 Å². The molecular weight excluding hydrogens is 271 g/mol. The zero-order chi connectivity index (χ0) is 15.4. The third-order valence-corrected chi connectivity index (χ3v) is 3.00. The van der Waals surface area contributed by atoms with E-state index in [2.05, 4.69) is 10.4 Å². The van der Waals surface area contributed by atoms with E-state index in [-0.39, 0.29) is 11.7 Å². The molecule has 0 saturated carbocycles. The molecule has 5 nitrogen and oxygen atoms in total. The standard InChI is InChI=1S/C15H17FN4O/c1-10-6-12(8-14(18-10)19-17)15(21)20(2)9-11-4-3-5-13(16)7-11/h3-8H,9,17H2,1-2H3,(H,18,19). The largest absolute Gasteiger partial charge is 0.337 e. The van der Waals surface area contributed by atoms with Crippen molar-refractivity contribution < 1.29 is 9.18 Å². The molecule has 1 amide bonds. The first-order chi connectivity index (χ1) is 9.99. The van der Waals surface area contributed by atoms with E-state index in [1.165, 1.54) is 17.0 Å². The maximum absolute atomic E-state index is 13.2. The summed E-state index contributed by atoms with van der Waals surface area (Å²) in [6, 6.07) is 9.45. The second-order valence-corrected chi connectivity index (χ2v) is 4.82. The van der Waals surface area contributed by atoms with E-state index in [1.807, 2.05) is 0 Å². The van der Waals surface area contributed by atoms with Crippen molar-refractivity contribution in [2.45, 2.75) is 13.5 Å². The molecule has 0 aliphatic rings. The number of pyridine rings is 1. The van der Waals surface area contributed by atoms with Crippen LogP contribution in [0.2, 0.25) is 0 Å². The minimum absolute atomic E-state index is 0.179. The smallest absolute Gasteiger partial charge is 0.254 e. The molecule has 0 radical (unpaired) electrons. The topological polar surface area (TPSA) is 71.2 Å². The maximum Gasteiger partial charge on any atom is 0.254 e. The van der Waals surface area contributed by atoms with Crippen LogP contribution in [0.1, 0.15) is 21.6 Å². The first kappa shape index (κ1) is 14.9. The molecule has 2 aromatic rings. The zero-order valence-electron chi connectivity index (χ0n) is 11.9. The Hall–Kier alpha value is -2.47. The van der Waals surface area contributed by atoms with Crippen LogP contribution in [0.5, 0.6) is 0 Å². The second kappa shape index (κ2) is 6.32. The highest BCUT2D eigenvalue weighted by molar-refractivity contribution is 5.94. The lowest BCUT2D eigenvalue weighted by Gasteiger charge is -2.18. The van der Waals surface area contributed by atoms with Crippen LogP contribution in [0.25, 0.3) is 0 Å². The number of amides is 1. The van der Waals surface area contributed by atoms with Gasteiger partial charge in [0.2, 0.25) is 0 Å². The number of aryl methyl sites for hydroxylation is 1. The first-order valence-electron chi connectivity index (χ1n) is 6.45. The summed E-state index contributed by atoms with van der Waals surface area (Å²) < 4.78 is 13.2. The van der Waals surface area contributed by atoms with Crippen LogP contribution in [0.3, 0.4) is 0 Å². The summed E-state index contributed by atoms with van der Waals surface area (Å²) in [4.78, 5) is 18.0. The average Bonchev–Trinajstić information content (AvgIpc) is 2.45. The molecule has 0 saturated heterocycles. The van der Waals surface area contributed by atoms with Gasteiger partial charge >= 0.3 is 0 Å². The van der Waals surface area contributed by atoms with Gasteiger partial charge in [0.05, 0.1) is 0 Å². The lowest BCUT2D eigenvalue weighted by Crippen LogP contribution is -2.26. The fourth-order valence-corrected chi connectivity index (χ4v) is 2.07. The fraction of sp³-hybridized carbons (Fsp3) is 0.200. The minimum atomic E-state index is -0.317. The highest BCUT2D eigenvalue weighted by Crippen LogP contribution is 2.13. The van der Waals surface area contributed by atoms with Crippen molar-refractivity contribution in [3.05, 3.63) is 59.0 Å². The number of nitrogens with zero attached hydrogens (tertiary/aromatic N) is 2. The van der Waals surface area contributed by atoms with Crippen molar-refractivity contribution in [3.63, 3.8) is 0 Å². The van der Waals surface area contributed by atoms with Crippen molar-refractivity contribution in [3.8, 4) is 0 Å². The normalized spacial score (nSPS) is 10.3. The van der Waals surface area contributed by atoms with Crippen molar-refractivity contribution in [2.24, 2.45) is 5.84 Å². The van der Waals surface area contributed by atoms with Gasteiger partial charge in [-0.3, -0.25) is 4.79 Å². The van der Waals surface area contributed by atoms with Crippen LogP contribution in [-0.2, 0) is 6.54 Å². The monoisotopic (exact) mass is 288 g/mol. The number of carbonyl (C=O) groups excluding carboxylic acids is 1. The summed E-state index contributed by atoms with van der Waals surface area (Å²) in [5.74, 6) is 5.26. The maximum atomic E-state index is 13.2. The lowest BCUT2D eigenvalue weighted by molar-refractivity contribution is 0.0785. The molecule has 0 atom stereocenters. The van der Waals surface area contributed by atoms with Gasteiger partial charge in [-0.2, -0.15) is 0 Å². The molecule has 21 heavy (non-hydrogen) atoms. The van der Waals surface area contributed by atoms with E-state index in [0.29, 0.717) is 23.6 Å². The number of aromatic nitrogens is 1. The van der Waals surface area contributed by atoms with Crippen LogP contribution in [0.4, 0.5) is 10.2 Å². The second-order valence-electron chi connectivity index (χ2n) is 4.82. The molecule has 1 aromatic carbocycles. The summed E-state index contributed by atoms with van der Waals surface area (Å²) in [5.41, 5.74) is 4.33. The molecule has 0 aliphatic heterocycles. The van der Waals surface area contributed by atoms with Crippen molar-refractivity contribution >= 4 is 11.7 Å². The van der Waals surface area contributed by atoms with E-state index in [0.717, 1.165) is 5.56 Å². The van der Waals surface area contributed by atoms with E-state index in [9.17, 15) is 9.18 Å². The van der Waals surface area contributed by atoms with Crippen LogP contribution in [-0.4, -0.2) is 22.8 Å². The number of halogens is 1. The predicted molar refractivity (Wildman–Crippen MR) is 79.0 cm³/mol. The average molecular weight is 288 g/mol. The van der Waals surface area contributed by atoms with Crippen molar-refractivity contribution in [1.29, 1.82) is 0 Å². The Morgan fingerprint density at radius 2 is 2.14 bits per heavy atom. The molecular formula is C15H17FN4O. The number of hydrogen-bond acceptors (Lipinski definition) is 4. The number of benzene rings is 1. The molecule has 0 fully saturated rings. The highest BCUT2D eigenvalue weighted by atomic mass is 19.1. The van der Waals surface area contributed by atoms with Gasteiger partial charge in [0.1, 0.15) is 11.6 Å². The van der Waals surface area contributed by atoms with Crippen LogP contribution < -0.4 is 11.3 Å². The molecule has 0 spiro atoms. The molecule has 1 heterocycles. The number of nitrogen functional groups attached to an aromatic ring is 1. The van der Waals surface area contributed by atoms with Gasteiger partial charge in [-0.25, -0.2) is 15.2 Å². The summed E-state index contributed by atoms with van der Waals surface area (Å²) in [5, 5.41) is 0. The minimum Gasteiger partial charge on any atom is -0.337 e. The lowest BCUT2D eigenvalue weighted by atomic mass is 10.1. The van der Waals surface area contributed by atoms with Crippen LogP contribution in [0.15, 0.2) is 36.4 Å². The number of anilines is 1. The number of carbonyl (C=O) groups is 1. The van der Waals surface area contributed by atoms with Gasteiger partial charge < -0.3 is 10.3 Å². The Morgan fingerprint density at radius 3 is 2.81 bits per heavy atom. The van der Waals surface area contributed by atoms with E-state index in [4.69, 9.17) is 5.84 Å². The Morgan fingerprint density at radius 1 is 1.38 bits per heavy atom. The first-order valence-corrected chi connectivity index (χ1v) is 6.45. The third kappa shape index (κ3) is 3.76. The number of nitrogens with two attached hydrogens (primary N) is 1.